The van der Waals surface area contributed by atoms with Crippen molar-refractivity contribution in [3.63, 3.8) is 0 Å². The van der Waals surface area contributed by atoms with E-state index in [1.165, 1.54) is 30.3 Å². The van der Waals surface area contributed by atoms with Gasteiger partial charge in [-0.2, -0.15) is 0 Å². The van der Waals surface area contributed by atoms with Crippen molar-refractivity contribution < 1.29 is 18.3 Å². The number of anilines is 1. The van der Waals surface area contributed by atoms with Gasteiger partial charge in [-0.15, -0.1) is 11.3 Å². The molecule has 128 valence electrons. The quantitative estimate of drug-likeness (QED) is 0.715. The van der Waals surface area contributed by atoms with Crippen molar-refractivity contribution in [2.24, 2.45) is 0 Å². The number of carbonyl (C=O) groups excluding carboxylic acids is 1. The SMILES string of the molecule is CCOc1ccc(-c2nc(C(=O)Nc3ccc(F)cc3)cs2)c(F)c1. The van der Waals surface area contributed by atoms with Gasteiger partial charge in [0, 0.05) is 22.7 Å². The van der Waals surface area contributed by atoms with Crippen molar-refractivity contribution in [3.8, 4) is 16.3 Å². The van der Waals surface area contributed by atoms with E-state index in [1.54, 1.807) is 17.5 Å². The molecule has 1 N–H and O–H groups in total. The molecule has 7 heteroatoms. The fraction of sp³-hybridized carbons (Fsp3) is 0.111. The van der Waals surface area contributed by atoms with Crippen molar-refractivity contribution in [1.29, 1.82) is 0 Å². The molecule has 1 aromatic heterocycles. The number of nitrogens with zero attached hydrogens (tertiary/aromatic N) is 1. The molecule has 0 radical (unpaired) electrons. The summed E-state index contributed by atoms with van der Waals surface area (Å²) in [5, 5.41) is 4.55. The Morgan fingerprint density at radius 2 is 1.96 bits per heavy atom. The van der Waals surface area contributed by atoms with Crippen LogP contribution < -0.4 is 10.1 Å². The molecule has 4 nitrogen and oxygen atoms in total. The molecule has 0 aliphatic carbocycles. The van der Waals surface area contributed by atoms with Crippen LogP contribution >= 0.6 is 11.3 Å². The first kappa shape index (κ1) is 17.0. The van der Waals surface area contributed by atoms with E-state index in [4.69, 9.17) is 4.74 Å². The number of hydrogen-bond donors (Lipinski definition) is 1. The molecular formula is C18H14F2N2O2S. The third kappa shape index (κ3) is 4.00. The largest absolute Gasteiger partial charge is 0.494 e. The van der Waals surface area contributed by atoms with Gasteiger partial charge in [-0.3, -0.25) is 4.79 Å². The van der Waals surface area contributed by atoms with Gasteiger partial charge in [-0.25, -0.2) is 13.8 Å². The highest BCUT2D eigenvalue weighted by Gasteiger charge is 2.15. The van der Waals surface area contributed by atoms with Crippen LogP contribution in [0.15, 0.2) is 47.8 Å². The minimum Gasteiger partial charge on any atom is -0.494 e. The zero-order chi connectivity index (χ0) is 17.8. The second-order valence-corrected chi connectivity index (χ2v) is 5.93. The summed E-state index contributed by atoms with van der Waals surface area (Å²) in [5.74, 6) is -0.860. The predicted molar refractivity (Wildman–Crippen MR) is 93.0 cm³/mol. The highest BCUT2D eigenvalue weighted by atomic mass is 32.1. The molecule has 0 bridgehead atoms. The van der Waals surface area contributed by atoms with Crippen LogP contribution in [-0.2, 0) is 0 Å². The summed E-state index contributed by atoms with van der Waals surface area (Å²) in [6.45, 7) is 2.27. The van der Waals surface area contributed by atoms with Crippen LogP contribution in [0, 0.1) is 11.6 Å². The molecule has 0 saturated carbocycles. The van der Waals surface area contributed by atoms with Crippen molar-refractivity contribution >= 4 is 22.9 Å². The standard InChI is InChI=1S/C18H14F2N2O2S/c1-2-24-13-7-8-14(15(20)9-13)18-22-16(10-25-18)17(23)21-12-5-3-11(19)4-6-12/h3-10H,2H2,1H3,(H,21,23). The lowest BCUT2D eigenvalue weighted by molar-refractivity contribution is 0.102. The maximum absolute atomic E-state index is 14.2. The Labute approximate surface area is 147 Å². The van der Waals surface area contributed by atoms with E-state index in [9.17, 15) is 13.6 Å². The maximum Gasteiger partial charge on any atom is 0.275 e. The average molecular weight is 360 g/mol. The van der Waals surface area contributed by atoms with E-state index in [0.717, 1.165) is 11.3 Å². The van der Waals surface area contributed by atoms with Gasteiger partial charge in [0.05, 0.1) is 6.61 Å². The first-order valence-corrected chi connectivity index (χ1v) is 8.40. The van der Waals surface area contributed by atoms with Gasteiger partial charge in [0.15, 0.2) is 0 Å². The van der Waals surface area contributed by atoms with Crippen LogP contribution in [0.3, 0.4) is 0 Å². The van der Waals surface area contributed by atoms with Crippen LogP contribution in [-0.4, -0.2) is 17.5 Å². The zero-order valence-corrected chi connectivity index (χ0v) is 14.1. The van der Waals surface area contributed by atoms with E-state index in [0.29, 0.717) is 28.6 Å². The monoisotopic (exact) mass is 360 g/mol. The lowest BCUT2D eigenvalue weighted by atomic mass is 10.2. The summed E-state index contributed by atoms with van der Waals surface area (Å²) in [4.78, 5) is 16.4. The first-order valence-electron chi connectivity index (χ1n) is 7.52. The summed E-state index contributed by atoms with van der Waals surface area (Å²) in [6.07, 6.45) is 0. The smallest absolute Gasteiger partial charge is 0.275 e. The predicted octanol–water partition coefficient (Wildman–Crippen LogP) is 4.74. The molecule has 0 atom stereocenters. The molecule has 0 saturated heterocycles. The molecule has 25 heavy (non-hydrogen) atoms. The number of benzene rings is 2. The van der Waals surface area contributed by atoms with Gasteiger partial charge in [0.25, 0.3) is 5.91 Å². The van der Waals surface area contributed by atoms with Gasteiger partial charge >= 0.3 is 0 Å². The summed E-state index contributed by atoms with van der Waals surface area (Å²) in [6, 6.07) is 9.91. The summed E-state index contributed by atoms with van der Waals surface area (Å²) < 4.78 is 32.3. The molecule has 2 aromatic carbocycles. The lowest BCUT2D eigenvalue weighted by Gasteiger charge is -2.05. The number of amides is 1. The van der Waals surface area contributed by atoms with Gasteiger partial charge in [-0.1, -0.05) is 0 Å². The average Bonchev–Trinajstić information content (AvgIpc) is 3.07. The summed E-state index contributed by atoms with van der Waals surface area (Å²) in [5.41, 5.74) is 0.917. The molecule has 3 rings (SSSR count). The van der Waals surface area contributed by atoms with Crippen molar-refractivity contribution in [2.75, 3.05) is 11.9 Å². The molecule has 0 aliphatic rings. The maximum atomic E-state index is 14.2. The number of carbonyl (C=O) groups is 1. The second kappa shape index (κ2) is 7.40. The van der Waals surface area contributed by atoms with Gasteiger partial charge in [0.1, 0.15) is 28.1 Å². The Kier molecular flexibility index (Phi) is 5.04. The Bertz CT molecular complexity index is 894. The molecule has 1 amide bonds. The van der Waals surface area contributed by atoms with E-state index >= 15 is 0 Å². The Morgan fingerprint density at radius 3 is 2.64 bits per heavy atom. The van der Waals surface area contributed by atoms with Gasteiger partial charge in [-0.05, 0) is 43.3 Å². The number of thiazole rings is 1. The van der Waals surface area contributed by atoms with E-state index < -0.39 is 11.7 Å². The van der Waals surface area contributed by atoms with E-state index in [2.05, 4.69) is 10.3 Å². The number of rotatable bonds is 5. The second-order valence-electron chi connectivity index (χ2n) is 5.07. The Hall–Kier alpha value is -2.80. The van der Waals surface area contributed by atoms with Crippen molar-refractivity contribution in [1.82, 2.24) is 4.98 Å². The van der Waals surface area contributed by atoms with Crippen LogP contribution in [0.1, 0.15) is 17.4 Å². The topological polar surface area (TPSA) is 51.2 Å². The normalized spacial score (nSPS) is 10.5. The van der Waals surface area contributed by atoms with Gasteiger partial charge in [0.2, 0.25) is 0 Å². The zero-order valence-electron chi connectivity index (χ0n) is 13.3. The van der Waals surface area contributed by atoms with Gasteiger partial charge < -0.3 is 10.1 Å². The highest BCUT2D eigenvalue weighted by Crippen LogP contribution is 2.29. The third-order valence-electron chi connectivity index (χ3n) is 3.32. The molecule has 0 spiro atoms. The minimum absolute atomic E-state index is 0.164. The van der Waals surface area contributed by atoms with Crippen molar-refractivity contribution in [3.05, 3.63) is 65.2 Å². The minimum atomic E-state index is -0.467. The Balaban J connectivity index is 1.77. The summed E-state index contributed by atoms with van der Waals surface area (Å²) >= 11 is 1.16. The molecular weight excluding hydrogens is 346 g/mol. The summed E-state index contributed by atoms with van der Waals surface area (Å²) in [7, 11) is 0. The number of aromatic nitrogens is 1. The number of halogens is 2. The molecule has 0 fully saturated rings. The van der Waals surface area contributed by atoms with Crippen LogP contribution in [0.2, 0.25) is 0 Å². The fourth-order valence-electron chi connectivity index (χ4n) is 2.16. The van der Waals surface area contributed by atoms with Crippen LogP contribution in [0.4, 0.5) is 14.5 Å². The Morgan fingerprint density at radius 1 is 1.20 bits per heavy atom. The number of ether oxygens (including phenoxy) is 1. The molecule has 1 heterocycles. The van der Waals surface area contributed by atoms with E-state index in [1.807, 2.05) is 6.92 Å². The number of nitrogens with one attached hydrogen (secondary N) is 1. The van der Waals surface area contributed by atoms with E-state index in [-0.39, 0.29) is 11.5 Å². The first-order chi connectivity index (χ1) is 12.1. The molecule has 0 aliphatic heterocycles. The highest BCUT2D eigenvalue weighted by molar-refractivity contribution is 7.13. The molecule has 0 unspecified atom stereocenters. The van der Waals surface area contributed by atoms with Crippen molar-refractivity contribution in [2.45, 2.75) is 6.92 Å². The lowest BCUT2D eigenvalue weighted by Crippen LogP contribution is -2.12. The van der Waals surface area contributed by atoms with Crippen LogP contribution in [0.5, 0.6) is 5.75 Å². The fourth-order valence-corrected chi connectivity index (χ4v) is 2.98. The number of hydrogen-bond acceptors (Lipinski definition) is 4. The molecule has 3 aromatic rings. The third-order valence-corrected chi connectivity index (χ3v) is 4.20. The van der Waals surface area contributed by atoms with Crippen LogP contribution in [0.25, 0.3) is 10.6 Å².